The zero-order valence-corrected chi connectivity index (χ0v) is 19.8. The van der Waals surface area contributed by atoms with Crippen molar-refractivity contribution in [2.45, 2.75) is 38.1 Å². The van der Waals surface area contributed by atoms with Gasteiger partial charge in [-0.25, -0.2) is 0 Å². The van der Waals surface area contributed by atoms with Gasteiger partial charge in [-0.15, -0.1) is 11.3 Å². The van der Waals surface area contributed by atoms with Gasteiger partial charge in [0.15, 0.2) is 0 Å². The number of hydrogen-bond acceptors (Lipinski definition) is 5. The maximum atomic E-state index is 13.5. The number of hydrogen-bond donors (Lipinski definition) is 1. The molecule has 176 valence electrons. The van der Waals surface area contributed by atoms with Gasteiger partial charge in [0.2, 0.25) is 5.91 Å². The van der Waals surface area contributed by atoms with Crippen LogP contribution >= 0.6 is 11.3 Å². The van der Waals surface area contributed by atoms with Gasteiger partial charge < -0.3 is 19.9 Å². The molecule has 1 N–H and O–H groups in total. The van der Waals surface area contributed by atoms with Crippen molar-refractivity contribution in [1.82, 2.24) is 15.1 Å². The second kappa shape index (κ2) is 10.8. The Labute approximate surface area is 198 Å². The van der Waals surface area contributed by atoms with Gasteiger partial charge in [-0.1, -0.05) is 12.1 Å². The second-order valence-electron chi connectivity index (χ2n) is 8.68. The highest BCUT2D eigenvalue weighted by molar-refractivity contribution is 7.12. The van der Waals surface area contributed by atoms with Gasteiger partial charge in [0.05, 0.1) is 12.0 Å². The summed E-state index contributed by atoms with van der Waals surface area (Å²) in [5.41, 5.74) is 0.469. The third-order valence-corrected chi connectivity index (χ3v) is 7.44. The molecule has 1 atom stereocenters. The zero-order valence-electron chi connectivity index (χ0n) is 19.0. The van der Waals surface area contributed by atoms with Crippen molar-refractivity contribution in [3.05, 3.63) is 52.2 Å². The zero-order chi connectivity index (χ0) is 23.2. The molecule has 0 spiro atoms. The summed E-state index contributed by atoms with van der Waals surface area (Å²) in [6, 6.07) is 10.1. The number of carbonyl (C=O) groups is 3. The lowest BCUT2D eigenvalue weighted by atomic mass is 9.87. The fourth-order valence-corrected chi connectivity index (χ4v) is 5.36. The van der Waals surface area contributed by atoms with Gasteiger partial charge in [0.25, 0.3) is 11.8 Å². The highest BCUT2D eigenvalue weighted by Crippen LogP contribution is 2.26. The molecule has 2 aromatic rings. The Morgan fingerprint density at radius 3 is 2.42 bits per heavy atom. The Hall–Kier alpha value is -2.87. The number of likely N-dealkylation sites (tertiary alicyclic amines) is 2. The lowest BCUT2D eigenvalue weighted by Gasteiger charge is -2.38. The molecule has 0 bridgehead atoms. The van der Waals surface area contributed by atoms with E-state index in [0.717, 1.165) is 37.2 Å². The Bertz CT molecular complexity index is 964. The van der Waals surface area contributed by atoms with Crippen LogP contribution in [0.4, 0.5) is 0 Å². The molecule has 7 nitrogen and oxygen atoms in total. The van der Waals surface area contributed by atoms with Gasteiger partial charge in [0.1, 0.15) is 11.8 Å². The number of carbonyl (C=O) groups excluding carboxylic acids is 3. The molecule has 3 amide bonds. The van der Waals surface area contributed by atoms with Gasteiger partial charge >= 0.3 is 0 Å². The van der Waals surface area contributed by atoms with E-state index in [-0.39, 0.29) is 23.6 Å². The maximum absolute atomic E-state index is 13.5. The first-order chi connectivity index (χ1) is 16.1. The summed E-state index contributed by atoms with van der Waals surface area (Å²) in [5, 5.41) is 4.94. The molecule has 1 aromatic heterocycles. The van der Waals surface area contributed by atoms with Crippen molar-refractivity contribution in [2.75, 3.05) is 33.3 Å². The van der Waals surface area contributed by atoms with Crippen LogP contribution < -0.4 is 10.1 Å². The summed E-state index contributed by atoms with van der Waals surface area (Å²) in [7, 11) is 1.56. The Balaban J connectivity index is 1.47. The van der Waals surface area contributed by atoms with E-state index in [9.17, 15) is 14.4 Å². The number of thiophene rings is 1. The molecular formula is C25H31N3O4S. The van der Waals surface area contributed by atoms with Crippen molar-refractivity contribution < 1.29 is 19.1 Å². The van der Waals surface area contributed by atoms with Crippen LogP contribution in [-0.2, 0) is 4.79 Å². The predicted molar refractivity (Wildman–Crippen MR) is 128 cm³/mol. The number of ether oxygens (including phenoxy) is 1. The van der Waals surface area contributed by atoms with Crippen molar-refractivity contribution in [3.63, 3.8) is 0 Å². The van der Waals surface area contributed by atoms with E-state index >= 15 is 0 Å². The number of amides is 3. The third kappa shape index (κ3) is 5.55. The van der Waals surface area contributed by atoms with E-state index in [2.05, 4.69) is 5.32 Å². The quantitative estimate of drug-likeness (QED) is 0.703. The minimum absolute atomic E-state index is 0.00557. The molecule has 0 saturated carbocycles. The monoisotopic (exact) mass is 469 g/mol. The molecule has 0 unspecified atom stereocenters. The van der Waals surface area contributed by atoms with Crippen LogP contribution in [0.5, 0.6) is 5.75 Å². The van der Waals surface area contributed by atoms with Crippen LogP contribution in [0.15, 0.2) is 41.8 Å². The summed E-state index contributed by atoms with van der Waals surface area (Å²) >= 11 is 1.45. The summed E-state index contributed by atoms with van der Waals surface area (Å²) < 4.78 is 5.24. The molecule has 3 heterocycles. The van der Waals surface area contributed by atoms with E-state index in [0.29, 0.717) is 37.2 Å². The largest absolute Gasteiger partial charge is 0.497 e. The number of piperidine rings is 2. The van der Waals surface area contributed by atoms with Gasteiger partial charge in [-0.3, -0.25) is 14.4 Å². The molecule has 0 aliphatic carbocycles. The van der Waals surface area contributed by atoms with Crippen LogP contribution in [0.1, 0.15) is 52.1 Å². The molecule has 1 aromatic carbocycles. The molecule has 0 radical (unpaired) electrons. The fourth-order valence-electron chi connectivity index (χ4n) is 4.67. The molecular weight excluding hydrogens is 438 g/mol. The third-order valence-electron chi connectivity index (χ3n) is 6.58. The van der Waals surface area contributed by atoms with Gasteiger partial charge in [0, 0.05) is 31.7 Å². The Morgan fingerprint density at radius 1 is 1.00 bits per heavy atom. The van der Waals surface area contributed by atoms with Crippen molar-refractivity contribution in [3.8, 4) is 5.75 Å². The molecule has 4 rings (SSSR count). The summed E-state index contributed by atoms with van der Waals surface area (Å²) in [5.74, 6) is 0.349. The highest BCUT2D eigenvalue weighted by atomic mass is 32.1. The molecule has 2 saturated heterocycles. The summed E-state index contributed by atoms with van der Waals surface area (Å²) in [6.07, 6.45) is 4.49. The van der Waals surface area contributed by atoms with E-state index in [1.165, 1.54) is 11.3 Å². The fraction of sp³-hybridized carbons (Fsp3) is 0.480. The number of nitrogens with one attached hydrogen (secondary N) is 1. The van der Waals surface area contributed by atoms with E-state index in [1.807, 2.05) is 27.3 Å². The molecule has 2 aliphatic heterocycles. The van der Waals surface area contributed by atoms with E-state index in [4.69, 9.17) is 4.74 Å². The summed E-state index contributed by atoms with van der Waals surface area (Å²) in [6.45, 7) is 2.64. The molecule has 8 heteroatoms. The second-order valence-corrected chi connectivity index (χ2v) is 9.62. The molecule has 2 fully saturated rings. The van der Waals surface area contributed by atoms with Crippen LogP contribution in [0, 0.1) is 5.92 Å². The average molecular weight is 470 g/mol. The van der Waals surface area contributed by atoms with E-state index in [1.54, 1.807) is 31.4 Å². The minimum atomic E-state index is -0.596. The van der Waals surface area contributed by atoms with Crippen molar-refractivity contribution in [1.29, 1.82) is 0 Å². The van der Waals surface area contributed by atoms with Gasteiger partial charge in [-0.2, -0.15) is 0 Å². The number of nitrogens with zero attached hydrogens (tertiary/aromatic N) is 2. The molecule has 33 heavy (non-hydrogen) atoms. The lowest BCUT2D eigenvalue weighted by molar-refractivity contribution is -0.136. The van der Waals surface area contributed by atoms with Crippen molar-refractivity contribution >= 4 is 29.1 Å². The predicted octanol–water partition coefficient (Wildman–Crippen LogP) is 3.42. The number of benzene rings is 1. The Morgan fingerprint density at radius 2 is 1.76 bits per heavy atom. The Kier molecular flexibility index (Phi) is 7.65. The van der Waals surface area contributed by atoms with Crippen LogP contribution in [-0.4, -0.2) is 66.9 Å². The SMILES string of the molecule is COc1cccc(C(=O)N[C@H](C(=O)N2CCCCC2)C2CCN(C(=O)c3cccs3)CC2)c1. The topological polar surface area (TPSA) is 79.0 Å². The van der Waals surface area contributed by atoms with Crippen LogP contribution in [0.25, 0.3) is 0 Å². The standard InChI is InChI=1S/C25H31N3O4S/c1-32-20-8-5-7-19(17-20)23(29)26-22(25(31)27-12-3-2-4-13-27)18-10-14-28(15-11-18)24(30)21-9-6-16-33-21/h5-9,16-18,22H,2-4,10-15H2,1H3,(H,26,29)/t22-/m0/s1. The number of methoxy groups -OCH3 is 1. The lowest BCUT2D eigenvalue weighted by Crippen LogP contribution is -2.55. The smallest absolute Gasteiger partial charge is 0.263 e. The van der Waals surface area contributed by atoms with Crippen molar-refractivity contribution in [2.24, 2.45) is 5.92 Å². The summed E-state index contributed by atoms with van der Waals surface area (Å²) in [4.78, 5) is 43.8. The average Bonchev–Trinajstić information content (AvgIpc) is 3.42. The van der Waals surface area contributed by atoms with Gasteiger partial charge in [-0.05, 0) is 67.7 Å². The first-order valence-corrected chi connectivity index (χ1v) is 12.5. The minimum Gasteiger partial charge on any atom is -0.497 e. The van der Waals surface area contributed by atoms with E-state index < -0.39 is 6.04 Å². The normalized spacial score (nSPS) is 18.0. The maximum Gasteiger partial charge on any atom is 0.263 e. The highest BCUT2D eigenvalue weighted by Gasteiger charge is 2.36. The number of rotatable bonds is 6. The van der Waals surface area contributed by atoms with Crippen LogP contribution in [0.2, 0.25) is 0 Å². The first-order valence-electron chi connectivity index (χ1n) is 11.6. The first kappa shape index (κ1) is 23.3. The molecule has 2 aliphatic rings. The van der Waals surface area contributed by atoms with Crippen LogP contribution in [0.3, 0.4) is 0 Å².